The minimum Gasteiger partial charge on any atom is -0.423 e. The molecule has 1 fully saturated rings. The Balaban J connectivity index is 2.01. The van der Waals surface area contributed by atoms with Gasteiger partial charge in [-0.1, -0.05) is 24.3 Å². The zero-order valence-electron chi connectivity index (χ0n) is 9.08. The molecule has 0 amide bonds. The number of rotatable bonds is 3. The molecule has 1 aliphatic heterocycles. The van der Waals surface area contributed by atoms with Gasteiger partial charge in [0, 0.05) is 19.6 Å². The molecule has 1 saturated heterocycles. The van der Waals surface area contributed by atoms with Gasteiger partial charge >= 0.3 is 7.12 Å². The van der Waals surface area contributed by atoms with E-state index in [1.165, 1.54) is 0 Å². The Kier molecular flexibility index (Phi) is 3.61. The molecular formula is C11H16BNO3. The second-order valence-electron chi connectivity index (χ2n) is 4.30. The lowest BCUT2D eigenvalue weighted by Crippen LogP contribution is -2.30. The van der Waals surface area contributed by atoms with Crippen LogP contribution >= 0.6 is 0 Å². The molecule has 86 valence electrons. The fraction of sp³-hybridized carbons (Fsp3) is 0.455. The van der Waals surface area contributed by atoms with E-state index in [9.17, 15) is 5.11 Å². The van der Waals surface area contributed by atoms with Crippen LogP contribution in [0.3, 0.4) is 0 Å². The predicted octanol–water partition coefficient (Wildman–Crippen LogP) is -1.07. The molecule has 0 aromatic heterocycles. The number of nitrogens with zero attached hydrogens (tertiary/aromatic N) is 1. The van der Waals surface area contributed by atoms with Crippen LogP contribution in [0.2, 0.25) is 0 Å². The zero-order valence-corrected chi connectivity index (χ0v) is 9.08. The Morgan fingerprint density at radius 3 is 2.81 bits per heavy atom. The number of hydrogen-bond acceptors (Lipinski definition) is 4. The predicted molar refractivity (Wildman–Crippen MR) is 62.2 cm³/mol. The molecule has 2 rings (SSSR count). The first-order valence-electron chi connectivity index (χ1n) is 5.50. The van der Waals surface area contributed by atoms with Crippen molar-refractivity contribution in [2.24, 2.45) is 0 Å². The van der Waals surface area contributed by atoms with Gasteiger partial charge in [-0.05, 0) is 17.4 Å². The number of aliphatic hydroxyl groups excluding tert-OH is 1. The highest BCUT2D eigenvalue weighted by molar-refractivity contribution is 6.58. The van der Waals surface area contributed by atoms with Gasteiger partial charge in [-0.3, -0.25) is 4.90 Å². The maximum absolute atomic E-state index is 9.40. The van der Waals surface area contributed by atoms with Crippen LogP contribution in [0, 0.1) is 0 Å². The minimum atomic E-state index is -1.41. The second-order valence-corrected chi connectivity index (χ2v) is 4.30. The average Bonchev–Trinajstić information content (AvgIpc) is 2.64. The summed E-state index contributed by atoms with van der Waals surface area (Å²) in [6, 6.07) is 7.25. The number of aliphatic hydroxyl groups is 1. The van der Waals surface area contributed by atoms with E-state index in [1.54, 1.807) is 12.1 Å². The van der Waals surface area contributed by atoms with Crippen molar-refractivity contribution in [1.82, 2.24) is 4.90 Å². The molecule has 1 atom stereocenters. The summed E-state index contributed by atoms with van der Waals surface area (Å²) in [5.41, 5.74) is 1.55. The summed E-state index contributed by atoms with van der Waals surface area (Å²) in [5.74, 6) is 0. The van der Waals surface area contributed by atoms with Gasteiger partial charge < -0.3 is 15.2 Å². The van der Waals surface area contributed by atoms with E-state index in [1.807, 2.05) is 12.1 Å². The number of β-amino-alcohol motifs (C(OH)–C–C–N with tert-alkyl or cyclic N) is 1. The van der Waals surface area contributed by atoms with Crippen molar-refractivity contribution in [2.45, 2.75) is 19.1 Å². The summed E-state index contributed by atoms with van der Waals surface area (Å²) in [6.45, 7) is 2.34. The van der Waals surface area contributed by atoms with Crippen molar-refractivity contribution < 1.29 is 15.2 Å². The summed E-state index contributed by atoms with van der Waals surface area (Å²) in [6.07, 6.45) is 0.606. The highest BCUT2D eigenvalue weighted by Crippen LogP contribution is 2.12. The van der Waals surface area contributed by atoms with Crippen LogP contribution in [0.5, 0.6) is 0 Å². The van der Waals surface area contributed by atoms with Gasteiger partial charge in [0.25, 0.3) is 0 Å². The number of benzene rings is 1. The molecule has 16 heavy (non-hydrogen) atoms. The van der Waals surface area contributed by atoms with Crippen LogP contribution in [0.1, 0.15) is 12.0 Å². The highest BCUT2D eigenvalue weighted by Gasteiger charge is 2.20. The normalized spacial score (nSPS) is 21.3. The SMILES string of the molecule is OB(O)c1cccc(CN2CC[C@H](O)C2)c1. The zero-order chi connectivity index (χ0) is 11.5. The van der Waals surface area contributed by atoms with E-state index in [4.69, 9.17) is 10.0 Å². The van der Waals surface area contributed by atoms with Gasteiger partial charge in [0.05, 0.1) is 6.10 Å². The molecular weight excluding hydrogens is 205 g/mol. The number of likely N-dealkylation sites (tertiary alicyclic amines) is 1. The monoisotopic (exact) mass is 221 g/mol. The molecule has 0 unspecified atom stereocenters. The molecule has 0 bridgehead atoms. The molecule has 0 saturated carbocycles. The van der Waals surface area contributed by atoms with Crippen molar-refractivity contribution >= 4 is 12.6 Å². The van der Waals surface area contributed by atoms with Crippen LogP contribution < -0.4 is 5.46 Å². The lowest BCUT2D eigenvalue weighted by molar-refractivity contribution is 0.175. The molecule has 1 aromatic rings. The van der Waals surface area contributed by atoms with Gasteiger partial charge in [-0.25, -0.2) is 0 Å². The Morgan fingerprint density at radius 1 is 1.38 bits per heavy atom. The molecule has 0 spiro atoms. The van der Waals surface area contributed by atoms with Gasteiger partial charge in [0.1, 0.15) is 0 Å². The van der Waals surface area contributed by atoms with E-state index < -0.39 is 7.12 Å². The fourth-order valence-corrected chi connectivity index (χ4v) is 2.07. The van der Waals surface area contributed by atoms with E-state index in [0.717, 1.165) is 25.1 Å². The number of hydrogen-bond donors (Lipinski definition) is 3. The van der Waals surface area contributed by atoms with Crippen molar-refractivity contribution in [3.63, 3.8) is 0 Å². The largest absolute Gasteiger partial charge is 0.488 e. The van der Waals surface area contributed by atoms with Crippen molar-refractivity contribution in [2.75, 3.05) is 13.1 Å². The van der Waals surface area contributed by atoms with E-state index in [0.29, 0.717) is 12.0 Å². The van der Waals surface area contributed by atoms with Crippen LogP contribution in [-0.4, -0.2) is 46.4 Å². The second kappa shape index (κ2) is 4.97. The van der Waals surface area contributed by atoms with E-state index >= 15 is 0 Å². The summed E-state index contributed by atoms with van der Waals surface area (Å²) in [5, 5.41) is 27.5. The van der Waals surface area contributed by atoms with Crippen LogP contribution in [0.4, 0.5) is 0 Å². The van der Waals surface area contributed by atoms with Crippen molar-refractivity contribution in [3.8, 4) is 0 Å². The first kappa shape index (κ1) is 11.6. The Bertz CT molecular complexity index is 359. The van der Waals surface area contributed by atoms with Gasteiger partial charge in [0.2, 0.25) is 0 Å². The lowest BCUT2D eigenvalue weighted by Gasteiger charge is -2.15. The first-order chi connectivity index (χ1) is 7.65. The summed E-state index contributed by atoms with van der Waals surface area (Å²) < 4.78 is 0. The Morgan fingerprint density at radius 2 is 2.19 bits per heavy atom. The summed E-state index contributed by atoms with van der Waals surface area (Å²) in [4.78, 5) is 2.16. The van der Waals surface area contributed by atoms with E-state index in [-0.39, 0.29) is 6.10 Å². The highest BCUT2D eigenvalue weighted by atomic mass is 16.4. The quantitative estimate of drug-likeness (QED) is 0.569. The minimum absolute atomic E-state index is 0.216. The molecule has 1 aliphatic rings. The molecule has 4 nitrogen and oxygen atoms in total. The van der Waals surface area contributed by atoms with Gasteiger partial charge in [0.15, 0.2) is 0 Å². The van der Waals surface area contributed by atoms with Crippen molar-refractivity contribution in [1.29, 1.82) is 0 Å². The lowest BCUT2D eigenvalue weighted by atomic mass is 9.79. The van der Waals surface area contributed by atoms with Crippen LogP contribution in [-0.2, 0) is 6.54 Å². The summed E-state index contributed by atoms with van der Waals surface area (Å²) >= 11 is 0. The third-order valence-electron chi connectivity index (χ3n) is 2.90. The molecule has 3 N–H and O–H groups in total. The average molecular weight is 221 g/mol. The van der Waals surface area contributed by atoms with Gasteiger partial charge in [-0.2, -0.15) is 0 Å². The molecule has 0 radical (unpaired) electrons. The van der Waals surface area contributed by atoms with E-state index in [2.05, 4.69) is 4.90 Å². The Hall–Kier alpha value is -0.875. The molecule has 1 heterocycles. The molecule has 0 aliphatic carbocycles. The fourth-order valence-electron chi connectivity index (χ4n) is 2.07. The van der Waals surface area contributed by atoms with Crippen LogP contribution in [0.25, 0.3) is 0 Å². The van der Waals surface area contributed by atoms with Crippen LogP contribution in [0.15, 0.2) is 24.3 Å². The molecule has 5 heteroatoms. The summed E-state index contributed by atoms with van der Waals surface area (Å²) in [7, 11) is -1.41. The maximum atomic E-state index is 9.40. The third kappa shape index (κ3) is 2.83. The van der Waals surface area contributed by atoms with Gasteiger partial charge in [-0.15, -0.1) is 0 Å². The topological polar surface area (TPSA) is 63.9 Å². The maximum Gasteiger partial charge on any atom is 0.488 e. The standard InChI is InChI=1S/C11H16BNO3/c14-11-4-5-13(8-11)7-9-2-1-3-10(6-9)12(15)16/h1-3,6,11,14-16H,4-5,7-8H2/t11-/m0/s1. The first-order valence-corrected chi connectivity index (χ1v) is 5.50. The van der Waals surface area contributed by atoms with Crippen molar-refractivity contribution in [3.05, 3.63) is 29.8 Å². The molecule has 1 aromatic carbocycles. The Labute approximate surface area is 95.3 Å². The third-order valence-corrected chi connectivity index (χ3v) is 2.90. The smallest absolute Gasteiger partial charge is 0.423 e.